The Morgan fingerprint density at radius 3 is 2.77 bits per heavy atom. The molecule has 0 atom stereocenters. The van der Waals surface area contributed by atoms with Gasteiger partial charge < -0.3 is 10.1 Å². The summed E-state index contributed by atoms with van der Waals surface area (Å²) in [6.45, 7) is 0. The van der Waals surface area contributed by atoms with E-state index in [0.29, 0.717) is 33.5 Å². The van der Waals surface area contributed by atoms with Gasteiger partial charge >= 0.3 is 0 Å². The summed E-state index contributed by atoms with van der Waals surface area (Å²) in [4.78, 5) is 9.02. The fourth-order valence-corrected chi connectivity index (χ4v) is 4.55. The van der Waals surface area contributed by atoms with Crippen molar-refractivity contribution in [1.29, 1.82) is 0 Å². The standard InChI is InChI=1S/C22H23ClN3O3S/c1-30(27,28)14-15-6-5-7-17(12-15)25-22-24-13-16-10-11-19(23)21(20(16)26-22)29-18-8-3-2-4-9-18/h2,5-7,10-13,18H,3-4,8-9,14H2,1H3,(H,24,25,26). The van der Waals surface area contributed by atoms with Crippen LogP contribution in [0.15, 0.2) is 42.6 Å². The van der Waals surface area contributed by atoms with Gasteiger partial charge in [-0.15, -0.1) is 0 Å². The fraction of sp³-hybridized carbons (Fsp3) is 0.318. The third kappa shape index (κ3) is 5.21. The van der Waals surface area contributed by atoms with E-state index in [1.807, 2.05) is 12.1 Å². The average molecular weight is 445 g/mol. The van der Waals surface area contributed by atoms with Crippen LogP contribution in [0.4, 0.5) is 11.6 Å². The van der Waals surface area contributed by atoms with Crippen molar-refractivity contribution in [3.8, 4) is 5.75 Å². The predicted molar refractivity (Wildman–Crippen MR) is 120 cm³/mol. The molecule has 2 aromatic carbocycles. The number of rotatable bonds is 6. The van der Waals surface area contributed by atoms with Gasteiger partial charge in [-0.1, -0.05) is 23.7 Å². The number of ether oxygens (including phenoxy) is 1. The summed E-state index contributed by atoms with van der Waals surface area (Å²) in [6, 6.07) is 10.9. The lowest BCUT2D eigenvalue weighted by atomic mass is 9.98. The number of benzene rings is 2. The summed E-state index contributed by atoms with van der Waals surface area (Å²) in [7, 11) is -3.11. The maximum absolute atomic E-state index is 11.6. The van der Waals surface area contributed by atoms with Gasteiger partial charge in [0.25, 0.3) is 0 Å². The minimum atomic E-state index is -3.11. The number of halogens is 1. The smallest absolute Gasteiger partial charge is 0.227 e. The molecule has 0 bridgehead atoms. The molecule has 1 aromatic heterocycles. The summed E-state index contributed by atoms with van der Waals surface area (Å²) in [6.07, 6.45) is 9.37. The van der Waals surface area contributed by atoms with Crippen LogP contribution in [0.1, 0.15) is 31.2 Å². The van der Waals surface area contributed by atoms with Crippen molar-refractivity contribution < 1.29 is 13.2 Å². The number of aromatic nitrogens is 2. The quantitative estimate of drug-likeness (QED) is 0.569. The van der Waals surface area contributed by atoms with Crippen LogP contribution in [0.2, 0.25) is 5.02 Å². The van der Waals surface area contributed by atoms with Gasteiger partial charge in [-0.05, 0) is 61.9 Å². The van der Waals surface area contributed by atoms with E-state index in [1.165, 1.54) is 6.26 Å². The van der Waals surface area contributed by atoms with E-state index in [4.69, 9.17) is 16.3 Å². The first-order chi connectivity index (χ1) is 14.4. The van der Waals surface area contributed by atoms with Gasteiger partial charge in [-0.3, -0.25) is 0 Å². The van der Waals surface area contributed by atoms with Crippen LogP contribution in [0.25, 0.3) is 10.9 Å². The Labute approximate surface area is 181 Å². The molecule has 6 nitrogen and oxygen atoms in total. The molecule has 0 aliphatic heterocycles. The first-order valence-electron chi connectivity index (χ1n) is 9.85. The zero-order chi connectivity index (χ0) is 21.1. The van der Waals surface area contributed by atoms with E-state index in [1.54, 1.807) is 30.5 Å². The average Bonchev–Trinajstić information content (AvgIpc) is 2.70. The van der Waals surface area contributed by atoms with Crippen LogP contribution in [0, 0.1) is 6.42 Å². The second kappa shape index (κ2) is 8.78. The molecule has 0 amide bonds. The summed E-state index contributed by atoms with van der Waals surface area (Å²) >= 11 is 6.45. The van der Waals surface area contributed by atoms with Crippen LogP contribution < -0.4 is 10.1 Å². The molecule has 1 saturated carbocycles. The van der Waals surface area contributed by atoms with E-state index in [0.717, 1.165) is 31.1 Å². The van der Waals surface area contributed by atoms with Gasteiger partial charge in [0.2, 0.25) is 5.95 Å². The molecule has 30 heavy (non-hydrogen) atoms. The molecule has 4 rings (SSSR count). The normalized spacial score (nSPS) is 15.3. The maximum Gasteiger partial charge on any atom is 0.227 e. The molecule has 8 heteroatoms. The highest BCUT2D eigenvalue weighted by atomic mass is 35.5. The number of fused-ring (bicyclic) bond motifs is 1. The SMILES string of the molecule is CS(=O)(=O)Cc1cccc(Nc2ncc3ccc(Cl)c(OC4CC[CH]CC4)c3n2)c1. The third-order valence-electron chi connectivity index (χ3n) is 4.94. The second-order valence-electron chi connectivity index (χ2n) is 7.59. The molecule has 1 N–H and O–H groups in total. The van der Waals surface area contributed by atoms with Crippen molar-refractivity contribution in [2.45, 2.75) is 37.5 Å². The molecule has 0 saturated heterocycles. The van der Waals surface area contributed by atoms with Crippen LogP contribution in [-0.2, 0) is 15.6 Å². The lowest BCUT2D eigenvalue weighted by molar-refractivity contribution is 0.170. The predicted octanol–water partition coefficient (Wildman–Crippen LogP) is 5.10. The van der Waals surface area contributed by atoms with Crippen molar-refractivity contribution in [3.63, 3.8) is 0 Å². The number of nitrogens with zero attached hydrogens (tertiary/aromatic N) is 2. The van der Waals surface area contributed by atoms with Crippen molar-refractivity contribution >= 4 is 44.0 Å². The monoisotopic (exact) mass is 444 g/mol. The van der Waals surface area contributed by atoms with Gasteiger partial charge in [0.15, 0.2) is 15.6 Å². The Kier molecular flexibility index (Phi) is 6.11. The first-order valence-corrected chi connectivity index (χ1v) is 12.3. The second-order valence-corrected chi connectivity index (χ2v) is 10.1. The number of hydrogen-bond donors (Lipinski definition) is 1. The van der Waals surface area contributed by atoms with E-state index < -0.39 is 9.84 Å². The fourth-order valence-electron chi connectivity index (χ4n) is 3.57. The number of sulfone groups is 1. The molecule has 3 aromatic rings. The Morgan fingerprint density at radius 1 is 1.20 bits per heavy atom. The van der Waals surface area contributed by atoms with Crippen LogP contribution in [0.5, 0.6) is 5.75 Å². The summed E-state index contributed by atoms with van der Waals surface area (Å²) < 4.78 is 29.4. The lowest BCUT2D eigenvalue weighted by Crippen LogP contribution is -2.20. The van der Waals surface area contributed by atoms with Crippen LogP contribution in [0.3, 0.4) is 0 Å². The third-order valence-corrected chi connectivity index (χ3v) is 6.10. The van der Waals surface area contributed by atoms with Crippen molar-refractivity contribution in [2.75, 3.05) is 11.6 Å². The Bertz CT molecular complexity index is 1160. The molecular formula is C22H23ClN3O3S. The van der Waals surface area contributed by atoms with E-state index in [9.17, 15) is 8.42 Å². The number of nitrogens with one attached hydrogen (secondary N) is 1. The van der Waals surface area contributed by atoms with E-state index >= 15 is 0 Å². The van der Waals surface area contributed by atoms with Crippen LogP contribution >= 0.6 is 11.6 Å². The Morgan fingerprint density at radius 2 is 2.00 bits per heavy atom. The zero-order valence-corrected chi connectivity index (χ0v) is 18.2. The Hall–Kier alpha value is -2.38. The first kappa shape index (κ1) is 20.9. The minimum Gasteiger partial charge on any atom is -0.487 e. The molecule has 0 unspecified atom stereocenters. The summed E-state index contributed by atoms with van der Waals surface area (Å²) in [5, 5.41) is 4.52. The van der Waals surface area contributed by atoms with E-state index in [-0.39, 0.29) is 11.9 Å². The minimum absolute atomic E-state index is 0.0203. The summed E-state index contributed by atoms with van der Waals surface area (Å²) in [5.41, 5.74) is 2.06. The highest BCUT2D eigenvalue weighted by Gasteiger charge is 2.19. The molecule has 1 fully saturated rings. The maximum atomic E-state index is 11.6. The van der Waals surface area contributed by atoms with Gasteiger partial charge in [-0.25, -0.2) is 18.4 Å². The van der Waals surface area contributed by atoms with E-state index in [2.05, 4.69) is 21.7 Å². The Balaban J connectivity index is 1.62. The highest BCUT2D eigenvalue weighted by molar-refractivity contribution is 7.89. The summed E-state index contributed by atoms with van der Waals surface area (Å²) in [5.74, 6) is 0.952. The largest absolute Gasteiger partial charge is 0.487 e. The number of anilines is 2. The zero-order valence-electron chi connectivity index (χ0n) is 16.6. The molecule has 0 spiro atoms. The lowest BCUT2D eigenvalue weighted by Gasteiger charge is -2.24. The van der Waals surface area contributed by atoms with Crippen molar-refractivity contribution in [3.05, 3.63) is 59.6 Å². The highest BCUT2D eigenvalue weighted by Crippen LogP contribution is 2.35. The molecule has 157 valence electrons. The van der Waals surface area contributed by atoms with Gasteiger partial charge in [0.05, 0.1) is 16.9 Å². The molecule has 1 radical (unpaired) electrons. The molecule has 1 aliphatic carbocycles. The molecular weight excluding hydrogens is 422 g/mol. The number of hydrogen-bond acceptors (Lipinski definition) is 6. The van der Waals surface area contributed by atoms with Crippen molar-refractivity contribution in [2.24, 2.45) is 0 Å². The topological polar surface area (TPSA) is 81.2 Å². The van der Waals surface area contributed by atoms with Gasteiger partial charge in [0, 0.05) is 23.5 Å². The van der Waals surface area contributed by atoms with Gasteiger partial charge in [-0.2, -0.15) is 0 Å². The molecule has 1 heterocycles. The van der Waals surface area contributed by atoms with Crippen LogP contribution in [-0.4, -0.2) is 30.7 Å². The van der Waals surface area contributed by atoms with Crippen molar-refractivity contribution in [1.82, 2.24) is 9.97 Å². The molecule has 1 aliphatic rings. The van der Waals surface area contributed by atoms with Gasteiger partial charge in [0.1, 0.15) is 5.52 Å².